The first kappa shape index (κ1) is 18.2. The Morgan fingerprint density at radius 3 is 1.09 bits per heavy atom. The molecule has 0 aromatic rings. The quantitative estimate of drug-likeness (QED) is 0.488. The van der Waals surface area contributed by atoms with Crippen molar-refractivity contribution in [3.05, 3.63) is 0 Å². The van der Waals surface area contributed by atoms with Crippen LogP contribution >= 0.6 is 0 Å². The average Bonchev–Trinajstić information content (AvgIpc) is 1.12. The molecule has 0 radical (unpaired) electrons. The second-order valence-electron chi connectivity index (χ2n) is 0.856. The molecule has 0 aliphatic heterocycles. The molecule has 11 heavy (non-hydrogen) atoms. The minimum absolute atomic E-state index is 0. The fraction of sp³-hybridized carbons (Fsp3) is 0. The topological polar surface area (TPSA) is 121 Å². The van der Waals surface area contributed by atoms with E-state index in [0.717, 1.165) is 0 Å². The van der Waals surface area contributed by atoms with Gasteiger partial charge in [0.2, 0.25) is 0 Å². The standard InChI is InChI=1S/Mg.2H2O3S2/c;2*1-5(2,3)4/h;2*(H2,1,2,3,4)/q+2;;/p-2. The molecule has 0 amide bonds. The SMILES string of the molecule is O=S(O)(O)=S.O=S([O-])([O-])=S.[Mg+2]. The molecule has 0 saturated carbocycles. The van der Waals surface area contributed by atoms with E-state index in [9.17, 15) is 0 Å². The summed E-state index contributed by atoms with van der Waals surface area (Å²) < 4.78 is 50.6. The zero-order chi connectivity index (χ0) is 9.00. The number of hydrogen-bond acceptors (Lipinski definition) is 6. The van der Waals surface area contributed by atoms with Gasteiger partial charge in [0.05, 0.1) is 0 Å². The zero-order valence-electron chi connectivity index (χ0n) is 4.87. The van der Waals surface area contributed by atoms with Gasteiger partial charge in [-0.15, -0.1) is 9.05 Å². The van der Waals surface area contributed by atoms with Crippen molar-refractivity contribution in [3.63, 3.8) is 0 Å². The summed E-state index contributed by atoms with van der Waals surface area (Å²) in [4.78, 5) is 0. The molecule has 0 aromatic carbocycles. The summed E-state index contributed by atoms with van der Waals surface area (Å²) in [5.74, 6) is 0. The van der Waals surface area contributed by atoms with E-state index in [2.05, 4.69) is 22.4 Å². The third-order valence-electron chi connectivity index (χ3n) is 0. The second kappa shape index (κ2) is 6.82. The van der Waals surface area contributed by atoms with Crippen LogP contribution in [0.1, 0.15) is 0 Å². The monoisotopic (exact) mass is 250 g/mol. The summed E-state index contributed by atoms with van der Waals surface area (Å²) >= 11 is 6.71. The zero-order valence-corrected chi connectivity index (χ0v) is 9.55. The van der Waals surface area contributed by atoms with Crippen LogP contribution in [0.4, 0.5) is 0 Å². The first-order chi connectivity index (χ1) is 4.00. The molecule has 0 spiro atoms. The van der Waals surface area contributed by atoms with E-state index in [0.29, 0.717) is 0 Å². The van der Waals surface area contributed by atoms with Crippen molar-refractivity contribution in [2.24, 2.45) is 0 Å². The van der Waals surface area contributed by atoms with Crippen LogP contribution in [0.15, 0.2) is 0 Å². The Balaban J connectivity index is -0.000000107. The molecule has 0 atom stereocenters. The van der Waals surface area contributed by atoms with Crippen molar-refractivity contribution in [1.29, 1.82) is 0 Å². The fourth-order valence-electron chi connectivity index (χ4n) is 0. The third kappa shape index (κ3) is 547. The molecule has 0 aliphatic carbocycles. The van der Waals surface area contributed by atoms with Crippen LogP contribution in [0, 0.1) is 0 Å². The van der Waals surface area contributed by atoms with E-state index in [4.69, 9.17) is 26.6 Å². The molecule has 6 nitrogen and oxygen atoms in total. The van der Waals surface area contributed by atoms with Gasteiger partial charge < -0.3 is 9.11 Å². The molecule has 11 heteroatoms. The Labute approximate surface area is 89.6 Å². The minimum atomic E-state index is -4.33. The van der Waals surface area contributed by atoms with E-state index in [1.165, 1.54) is 0 Å². The van der Waals surface area contributed by atoms with Crippen LogP contribution in [0.5, 0.6) is 0 Å². The minimum Gasteiger partial charge on any atom is -0.780 e. The predicted molar refractivity (Wildman–Crippen MR) is 43.6 cm³/mol. The Kier molecular flexibility index (Phi) is 11.3. The van der Waals surface area contributed by atoms with Crippen molar-refractivity contribution < 1.29 is 26.6 Å². The maximum atomic E-state index is 9.11. The van der Waals surface area contributed by atoms with Gasteiger partial charge in [-0.2, -0.15) is 4.21 Å². The normalized spacial score (nSPS) is 10.5. The molecule has 2 N–H and O–H groups in total. The molecule has 0 rings (SSSR count). The van der Waals surface area contributed by atoms with Gasteiger partial charge in [-0.05, 0) is 11.2 Å². The smallest absolute Gasteiger partial charge is 0.780 e. The van der Waals surface area contributed by atoms with Gasteiger partial charge in [-0.25, -0.2) is 0 Å². The van der Waals surface area contributed by atoms with Crippen LogP contribution in [0.25, 0.3) is 0 Å². The van der Waals surface area contributed by atoms with Gasteiger partial charge in [0.15, 0.2) is 0 Å². The molecular formula is H2MgO6S4. The van der Waals surface area contributed by atoms with E-state index >= 15 is 0 Å². The Hall–Kier alpha value is 1.35. The van der Waals surface area contributed by atoms with Gasteiger partial charge in [-0.1, -0.05) is 0 Å². The first-order valence-electron chi connectivity index (χ1n) is 1.37. The second-order valence-corrected chi connectivity index (χ2v) is 5.10. The van der Waals surface area contributed by atoms with E-state index in [1.807, 2.05) is 0 Å². The molecule has 64 valence electrons. The molecule has 0 unspecified atom stereocenters. The van der Waals surface area contributed by atoms with E-state index < -0.39 is 18.1 Å². The predicted octanol–water partition coefficient (Wildman–Crippen LogP) is -1.71. The van der Waals surface area contributed by atoms with Crippen LogP contribution in [-0.2, 0) is 40.5 Å². The summed E-state index contributed by atoms with van der Waals surface area (Å²) in [6, 6.07) is 0. The van der Waals surface area contributed by atoms with Gasteiger partial charge in [0.25, 0.3) is 9.05 Å². The van der Waals surface area contributed by atoms with Crippen molar-refractivity contribution in [2.75, 3.05) is 0 Å². The summed E-state index contributed by atoms with van der Waals surface area (Å²) in [6.45, 7) is 0. The van der Waals surface area contributed by atoms with Crippen molar-refractivity contribution >= 4 is 63.5 Å². The molecule has 0 fully saturated rings. The van der Waals surface area contributed by atoms with Crippen LogP contribution < -0.4 is 0 Å². The van der Waals surface area contributed by atoms with Gasteiger partial charge in [0, 0.05) is 11.2 Å². The number of hydrogen-bond donors (Lipinski definition) is 2. The van der Waals surface area contributed by atoms with Crippen LogP contribution in [0.2, 0.25) is 0 Å². The van der Waals surface area contributed by atoms with Gasteiger partial charge in [-0.3, -0.25) is 13.3 Å². The fourth-order valence-corrected chi connectivity index (χ4v) is 0. The molecule has 0 heterocycles. The first-order valence-corrected chi connectivity index (χ1v) is 6.10. The molecule has 0 aromatic heterocycles. The molecular weight excluding hydrogens is 249 g/mol. The average molecular weight is 251 g/mol. The summed E-state index contributed by atoms with van der Waals surface area (Å²) in [5, 5.41) is 0. The Bertz CT molecular complexity index is 211. The molecule has 0 bridgehead atoms. The third-order valence-corrected chi connectivity index (χ3v) is 0. The Morgan fingerprint density at radius 1 is 1.09 bits per heavy atom. The molecule has 0 saturated heterocycles. The van der Waals surface area contributed by atoms with Crippen molar-refractivity contribution in [1.82, 2.24) is 0 Å². The Morgan fingerprint density at radius 2 is 1.09 bits per heavy atom. The van der Waals surface area contributed by atoms with Gasteiger partial charge in [0.1, 0.15) is 0 Å². The summed E-state index contributed by atoms with van der Waals surface area (Å²) in [7, 11) is -8.17. The van der Waals surface area contributed by atoms with Crippen molar-refractivity contribution in [2.45, 2.75) is 0 Å². The number of rotatable bonds is 0. The van der Waals surface area contributed by atoms with Crippen LogP contribution in [0.3, 0.4) is 0 Å². The largest absolute Gasteiger partial charge is 2.00 e. The summed E-state index contributed by atoms with van der Waals surface area (Å²) in [6.07, 6.45) is 0. The van der Waals surface area contributed by atoms with Crippen LogP contribution in [-0.4, -0.2) is 49.7 Å². The van der Waals surface area contributed by atoms with Crippen molar-refractivity contribution in [3.8, 4) is 0 Å². The van der Waals surface area contributed by atoms with E-state index in [-0.39, 0.29) is 23.1 Å². The summed E-state index contributed by atoms with van der Waals surface area (Å²) in [5.41, 5.74) is 0. The molecule has 0 aliphatic rings. The maximum absolute atomic E-state index is 9.11. The van der Waals surface area contributed by atoms with E-state index in [1.54, 1.807) is 0 Å². The maximum Gasteiger partial charge on any atom is 2.00 e. The van der Waals surface area contributed by atoms with Gasteiger partial charge >= 0.3 is 23.1 Å².